The average molecular weight is 211 g/mol. The van der Waals surface area contributed by atoms with Crippen LogP contribution in [0.4, 0.5) is 0 Å². The normalized spacial score (nSPS) is 10.1. The summed E-state index contributed by atoms with van der Waals surface area (Å²) in [5.41, 5.74) is 3.41. The molecule has 0 saturated heterocycles. The Morgan fingerprint density at radius 2 is 1.56 bits per heavy atom. The quantitative estimate of drug-likeness (QED) is 0.715. The van der Waals surface area contributed by atoms with Crippen molar-refractivity contribution in [2.24, 2.45) is 0 Å². The van der Waals surface area contributed by atoms with Crippen LogP contribution < -0.4 is 0 Å². The lowest BCUT2D eigenvalue weighted by molar-refractivity contribution is 0.103. The third kappa shape index (κ3) is 2.16. The van der Waals surface area contributed by atoms with Gasteiger partial charge in [0.25, 0.3) is 0 Å². The number of nitrogens with zero attached hydrogens (tertiary/aromatic N) is 1. The summed E-state index contributed by atoms with van der Waals surface area (Å²) in [5, 5.41) is 0. The minimum absolute atomic E-state index is 0.0208. The number of aromatic nitrogens is 1. The van der Waals surface area contributed by atoms with Crippen molar-refractivity contribution in [2.45, 2.75) is 13.8 Å². The SMILES string of the molecule is Cc1ccc(C(=O)c2ccc(C)nc2)cc1. The van der Waals surface area contributed by atoms with Gasteiger partial charge in [-0.05, 0) is 26.0 Å². The van der Waals surface area contributed by atoms with E-state index in [0.29, 0.717) is 11.1 Å². The molecule has 0 aliphatic carbocycles. The second-order valence-electron chi connectivity index (χ2n) is 3.88. The molecule has 1 heterocycles. The Balaban J connectivity index is 2.32. The van der Waals surface area contributed by atoms with E-state index < -0.39 is 0 Å². The maximum absolute atomic E-state index is 12.0. The van der Waals surface area contributed by atoms with Gasteiger partial charge >= 0.3 is 0 Å². The molecule has 16 heavy (non-hydrogen) atoms. The van der Waals surface area contributed by atoms with E-state index >= 15 is 0 Å². The summed E-state index contributed by atoms with van der Waals surface area (Å²) < 4.78 is 0. The summed E-state index contributed by atoms with van der Waals surface area (Å²) in [6.45, 7) is 3.90. The predicted molar refractivity (Wildman–Crippen MR) is 63.6 cm³/mol. The molecule has 0 unspecified atom stereocenters. The number of aryl methyl sites for hydroxylation is 2. The van der Waals surface area contributed by atoms with Crippen molar-refractivity contribution in [1.82, 2.24) is 4.98 Å². The van der Waals surface area contributed by atoms with Crippen molar-refractivity contribution in [3.63, 3.8) is 0 Å². The first-order valence-corrected chi connectivity index (χ1v) is 5.21. The van der Waals surface area contributed by atoms with E-state index in [0.717, 1.165) is 11.3 Å². The fraction of sp³-hybridized carbons (Fsp3) is 0.143. The molecule has 0 saturated carbocycles. The minimum atomic E-state index is 0.0208. The highest BCUT2D eigenvalue weighted by Crippen LogP contribution is 2.10. The van der Waals surface area contributed by atoms with Crippen molar-refractivity contribution >= 4 is 5.78 Å². The van der Waals surface area contributed by atoms with Crippen LogP contribution in [0.15, 0.2) is 42.6 Å². The molecule has 0 N–H and O–H groups in total. The molecule has 0 aliphatic rings. The lowest BCUT2D eigenvalue weighted by Gasteiger charge is -2.01. The summed E-state index contributed by atoms with van der Waals surface area (Å²) in [6.07, 6.45) is 1.62. The first-order valence-electron chi connectivity index (χ1n) is 5.21. The maximum atomic E-state index is 12.0. The number of pyridine rings is 1. The lowest BCUT2D eigenvalue weighted by Crippen LogP contribution is -2.01. The Bertz CT molecular complexity index is 450. The van der Waals surface area contributed by atoms with Gasteiger partial charge in [-0.1, -0.05) is 29.8 Å². The first-order chi connectivity index (χ1) is 7.66. The monoisotopic (exact) mass is 211 g/mol. The van der Waals surface area contributed by atoms with Crippen LogP contribution in [0.5, 0.6) is 0 Å². The van der Waals surface area contributed by atoms with Gasteiger partial charge in [0.1, 0.15) is 0 Å². The van der Waals surface area contributed by atoms with Crippen molar-refractivity contribution < 1.29 is 4.79 Å². The van der Waals surface area contributed by atoms with Gasteiger partial charge in [-0.3, -0.25) is 9.78 Å². The number of carbonyl (C=O) groups is 1. The number of carbonyl (C=O) groups excluding carboxylic acids is 1. The minimum Gasteiger partial charge on any atom is -0.289 e. The average Bonchev–Trinajstić information content (AvgIpc) is 2.30. The number of ketones is 1. The van der Waals surface area contributed by atoms with Crippen LogP contribution in [-0.4, -0.2) is 10.8 Å². The number of benzene rings is 1. The number of hydrogen-bond acceptors (Lipinski definition) is 2. The molecule has 0 atom stereocenters. The van der Waals surface area contributed by atoms with Crippen molar-refractivity contribution in [1.29, 1.82) is 0 Å². The van der Waals surface area contributed by atoms with Gasteiger partial charge < -0.3 is 0 Å². The molecule has 2 nitrogen and oxygen atoms in total. The third-order valence-corrected chi connectivity index (χ3v) is 2.49. The Morgan fingerprint density at radius 3 is 2.12 bits per heavy atom. The maximum Gasteiger partial charge on any atom is 0.194 e. The summed E-state index contributed by atoms with van der Waals surface area (Å²) in [7, 11) is 0. The zero-order valence-corrected chi connectivity index (χ0v) is 9.40. The van der Waals surface area contributed by atoms with Crippen LogP contribution in [0.2, 0.25) is 0 Å². The van der Waals surface area contributed by atoms with Crippen LogP contribution in [0.25, 0.3) is 0 Å². The van der Waals surface area contributed by atoms with Gasteiger partial charge in [0.15, 0.2) is 5.78 Å². The highest BCUT2D eigenvalue weighted by molar-refractivity contribution is 6.08. The lowest BCUT2D eigenvalue weighted by atomic mass is 10.0. The van der Waals surface area contributed by atoms with Crippen LogP contribution in [0.3, 0.4) is 0 Å². The Morgan fingerprint density at radius 1 is 0.938 bits per heavy atom. The van der Waals surface area contributed by atoms with Crippen molar-refractivity contribution in [3.8, 4) is 0 Å². The topological polar surface area (TPSA) is 30.0 Å². The van der Waals surface area contributed by atoms with E-state index in [4.69, 9.17) is 0 Å². The van der Waals surface area contributed by atoms with E-state index in [1.165, 1.54) is 0 Å². The van der Waals surface area contributed by atoms with Gasteiger partial charge in [-0.2, -0.15) is 0 Å². The van der Waals surface area contributed by atoms with E-state index in [-0.39, 0.29) is 5.78 Å². The first kappa shape index (κ1) is 10.6. The van der Waals surface area contributed by atoms with Gasteiger partial charge in [0.05, 0.1) is 0 Å². The molecule has 0 fully saturated rings. The predicted octanol–water partition coefficient (Wildman–Crippen LogP) is 2.93. The molecule has 2 heteroatoms. The molecule has 0 amide bonds. The highest BCUT2D eigenvalue weighted by atomic mass is 16.1. The zero-order chi connectivity index (χ0) is 11.5. The molecule has 0 aliphatic heterocycles. The van der Waals surface area contributed by atoms with E-state index in [1.54, 1.807) is 6.20 Å². The molecule has 2 aromatic rings. The van der Waals surface area contributed by atoms with Crippen LogP contribution >= 0.6 is 0 Å². The van der Waals surface area contributed by atoms with Crippen molar-refractivity contribution in [2.75, 3.05) is 0 Å². The third-order valence-electron chi connectivity index (χ3n) is 2.49. The largest absolute Gasteiger partial charge is 0.289 e. The summed E-state index contributed by atoms with van der Waals surface area (Å²) in [5.74, 6) is 0.0208. The molecule has 1 aromatic carbocycles. The molecule has 0 spiro atoms. The molecular formula is C14H13NO. The zero-order valence-electron chi connectivity index (χ0n) is 9.40. The Hall–Kier alpha value is -1.96. The Labute approximate surface area is 95.0 Å². The number of hydrogen-bond donors (Lipinski definition) is 0. The molecule has 2 rings (SSSR count). The molecule has 80 valence electrons. The van der Waals surface area contributed by atoms with Gasteiger partial charge in [-0.15, -0.1) is 0 Å². The van der Waals surface area contributed by atoms with Crippen molar-refractivity contribution in [3.05, 3.63) is 65.0 Å². The summed E-state index contributed by atoms with van der Waals surface area (Å²) in [6, 6.07) is 11.2. The fourth-order valence-electron chi connectivity index (χ4n) is 1.47. The van der Waals surface area contributed by atoms with Crippen LogP contribution in [0.1, 0.15) is 27.2 Å². The van der Waals surface area contributed by atoms with Crippen LogP contribution in [0, 0.1) is 13.8 Å². The fourth-order valence-corrected chi connectivity index (χ4v) is 1.47. The molecule has 1 aromatic heterocycles. The number of rotatable bonds is 2. The van der Waals surface area contributed by atoms with Gasteiger partial charge in [-0.25, -0.2) is 0 Å². The molecular weight excluding hydrogens is 198 g/mol. The second kappa shape index (κ2) is 4.27. The smallest absolute Gasteiger partial charge is 0.194 e. The summed E-state index contributed by atoms with van der Waals surface area (Å²) in [4.78, 5) is 16.2. The Kier molecular flexibility index (Phi) is 2.82. The molecule has 0 radical (unpaired) electrons. The van der Waals surface area contributed by atoms with Crippen LogP contribution in [-0.2, 0) is 0 Å². The van der Waals surface area contributed by atoms with E-state index in [1.807, 2.05) is 50.2 Å². The second-order valence-corrected chi connectivity index (χ2v) is 3.88. The molecule has 0 bridgehead atoms. The standard InChI is InChI=1S/C14H13NO/c1-10-3-6-12(7-4-10)14(16)13-8-5-11(2)15-9-13/h3-9H,1-2H3. The highest BCUT2D eigenvalue weighted by Gasteiger charge is 2.08. The van der Waals surface area contributed by atoms with E-state index in [9.17, 15) is 4.79 Å². The van der Waals surface area contributed by atoms with Gasteiger partial charge in [0, 0.05) is 23.0 Å². The van der Waals surface area contributed by atoms with Gasteiger partial charge in [0.2, 0.25) is 0 Å². The summed E-state index contributed by atoms with van der Waals surface area (Å²) >= 11 is 0. The van der Waals surface area contributed by atoms with E-state index in [2.05, 4.69) is 4.98 Å².